The van der Waals surface area contributed by atoms with Gasteiger partial charge in [-0.2, -0.15) is 0 Å². The lowest BCUT2D eigenvalue weighted by atomic mass is 10.2. The first-order valence-electron chi connectivity index (χ1n) is 7.15. The molecule has 0 radical (unpaired) electrons. The van der Waals surface area contributed by atoms with Crippen LogP contribution in [0.2, 0.25) is 0 Å². The Balaban J connectivity index is 1.73. The van der Waals surface area contributed by atoms with E-state index in [2.05, 4.69) is 10.9 Å². The van der Waals surface area contributed by atoms with E-state index in [1.807, 2.05) is 55.5 Å². The molecule has 5 heteroatoms. The number of hydrazine groups is 1. The minimum absolute atomic E-state index is 0.173. The van der Waals surface area contributed by atoms with Gasteiger partial charge in [0, 0.05) is 6.08 Å². The second-order valence-electron chi connectivity index (χ2n) is 4.84. The predicted molar refractivity (Wildman–Crippen MR) is 88.4 cm³/mol. The Hall–Kier alpha value is -3.08. The molecule has 0 spiro atoms. The molecule has 0 aromatic heterocycles. The molecule has 0 aliphatic rings. The largest absolute Gasteiger partial charge is 0.483 e. The summed E-state index contributed by atoms with van der Waals surface area (Å²) in [6, 6.07) is 16.8. The van der Waals surface area contributed by atoms with Crippen molar-refractivity contribution >= 4 is 17.9 Å². The summed E-state index contributed by atoms with van der Waals surface area (Å²) >= 11 is 0. The van der Waals surface area contributed by atoms with Gasteiger partial charge in [-0.05, 0) is 30.2 Å². The first-order chi connectivity index (χ1) is 11.1. The van der Waals surface area contributed by atoms with Crippen molar-refractivity contribution in [1.82, 2.24) is 10.9 Å². The van der Waals surface area contributed by atoms with Gasteiger partial charge in [0.2, 0.25) is 0 Å². The maximum absolute atomic E-state index is 11.6. The molecule has 5 nitrogen and oxygen atoms in total. The van der Waals surface area contributed by atoms with Crippen LogP contribution in [0.4, 0.5) is 0 Å². The van der Waals surface area contributed by atoms with Gasteiger partial charge in [0.05, 0.1) is 0 Å². The molecule has 0 aliphatic heterocycles. The van der Waals surface area contributed by atoms with Crippen molar-refractivity contribution in [3.05, 3.63) is 71.8 Å². The SMILES string of the molecule is Cc1ccccc1OCC(=O)NNC(=O)C=Cc1ccccc1. The third-order valence-electron chi connectivity index (χ3n) is 3.00. The van der Waals surface area contributed by atoms with Crippen molar-refractivity contribution in [3.8, 4) is 5.75 Å². The molecular formula is C18H18N2O3. The van der Waals surface area contributed by atoms with Crippen LogP contribution in [0.3, 0.4) is 0 Å². The number of ether oxygens (including phenoxy) is 1. The van der Waals surface area contributed by atoms with Gasteiger partial charge in [-0.3, -0.25) is 20.4 Å². The minimum Gasteiger partial charge on any atom is -0.483 e. The topological polar surface area (TPSA) is 67.4 Å². The van der Waals surface area contributed by atoms with Crippen LogP contribution in [0.1, 0.15) is 11.1 Å². The van der Waals surface area contributed by atoms with Crippen LogP contribution in [0.15, 0.2) is 60.7 Å². The zero-order valence-corrected chi connectivity index (χ0v) is 12.8. The molecule has 0 saturated heterocycles. The van der Waals surface area contributed by atoms with E-state index in [1.54, 1.807) is 12.1 Å². The average Bonchev–Trinajstić information content (AvgIpc) is 2.58. The van der Waals surface area contributed by atoms with E-state index in [1.165, 1.54) is 6.08 Å². The van der Waals surface area contributed by atoms with Crippen molar-refractivity contribution in [2.45, 2.75) is 6.92 Å². The lowest BCUT2D eigenvalue weighted by molar-refractivity contribution is -0.128. The molecule has 0 unspecified atom stereocenters. The van der Waals surface area contributed by atoms with E-state index in [-0.39, 0.29) is 6.61 Å². The van der Waals surface area contributed by atoms with Crippen LogP contribution in [-0.4, -0.2) is 18.4 Å². The molecule has 0 atom stereocenters. The quantitative estimate of drug-likeness (QED) is 0.657. The number of carbonyl (C=O) groups is 2. The van der Waals surface area contributed by atoms with Gasteiger partial charge in [-0.1, -0.05) is 48.5 Å². The van der Waals surface area contributed by atoms with Crippen LogP contribution in [0.5, 0.6) is 5.75 Å². The van der Waals surface area contributed by atoms with Crippen molar-refractivity contribution in [3.63, 3.8) is 0 Å². The van der Waals surface area contributed by atoms with Crippen LogP contribution < -0.4 is 15.6 Å². The van der Waals surface area contributed by atoms with E-state index < -0.39 is 11.8 Å². The second kappa shape index (κ2) is 8.38. The monoisotopic (exact) mass is 310 g/mol. The predicted octanol–water partition coefficient (Wildman–Crippen LogP) is 2.23. The van der Waals surface area contributed by atoms with Gasteiger partial charge in [-0.15, -0.1) is 0 Å². The number of hydrogen-bond donors (Lipinski definition) is 2. The van der Waals surface area contributed by atoms with Crippen molar-refractivity contribution in [2.24, 2.45) is 0 Å². The Kier molecular flexibility index (Phi) is 5.94. The highest BCUT2D eigenvalue weighted by atomic mass is 16.5. The average molecular weight is 310 g/mol. The summed E-state index contributed by atoms with van der Waals surface area (Å²) in [5.74, 6) is -0.217. The molecule has 2 N–H and O–H groups in total. The summed E-state index contributed by atoms with van der Waals surface area (Å²) in [6.45, 7) is 1.72. The molecule has 2 aromatic rings. The fraction of sp³-hybridized carbons (Fsp3) is 0.111. The summed E-state index contributed by atoms with van der Waals surface area (Å²) < 4.78 is 5.38. The molecule has 0 fully saturated rings. The highest BCUT2D eigenvalue weighted by Gasteiger charge is 2.05. The van der Waals surface area contributed by atoms with Crippen molar-refractivity contribution in [2.75, 3.05) is 6.61 Å². The number of rotatable bonds is 5. The van der Waals surface area contributed by atoms with Gasteiger partial charge in [0.1, 0.15) is 5.75 Å². The van der Waals surface area contributed by atoms with Gasteiger partial charge in [-0.25, -0.2) is 0 Å². The van der Waals surface area contributed by atoms with Gasteiger partial charge < -0.3 is 4.74 Å². The maximum atomic E-state index is 11.6. The minimum atomic E-state index is -0.435. The Morgan fingerprint density at radius 3 is 2.43 bits per heavy atom. The molecular weight excluding hydrogens is 292 g/mol. The third kappa shape index (κ3) is 5.67. The molecule has 2 amide bonds. The molecule has 2 aromatic carbocycles. The van der Waals surface area contributed by atoms with Gasteiger partial charge >= 0.3 is 0 Å². The Labute approximate surface area is 134 Å². The fourth-order valence-electron chi connectivity index (χ4n) is 1.81. The number of para-hydroxylation sites is 1. The molecule has 0 heterocycles. The lowest BCUT2D eigenvalue weighted by Gasteiger charge is -2.09. The second-order valence-corrected chi connectivity index (χ2v) is 4.84. The normalized spacial score (nSPS) is 10.3. The number of carbonyl (C=O) groups excluding carboxylic acids is 2. The van der Waals surface area contributed by atoms with Crippen LogP contribution in [-0.2, 0) is 9.59 Å². The number of nitrogens with one attached hydrogen (secondary N) is 2. The number of hydrogen-bond acceptors (Lipinski definition) is 3. The van der Waals surface area contributed by atoms with Crippen LogP contribution in [0, 0.1) is 6.92 Å². The number of amides is 2. The number of aryl methyl sites for hydroxylation is 1. The highest BCUT2D eigenvalue weighted by Crippen LogP contribution is 2.15. The molecule has 0 saturated carbocycles. The standard InChI is InChI=1S/C18H18N2O3/c1-14-7-5-6-10-16(14)23-13-18(22)20-19-17(21)12-11-15-8-3-2-4-9-15/h2-12H,13H2,1H3,(H,19,21)(H,20,22). The van der Waals surface area contributed by atoms with E-state index in [0.717, 1.165) is 11.1 Å². The third-order valence-corrected chi connectivity index (χ3v) is 3.00. The lowest BCUT2D eigenvalue weighted by Crippen LogP contribution is -2.43. The maximum Gasteiger partial charge on any atom is 0.276 e. The molecule has 23 heavy (non-hydrogen) atoms. The van der Waals surface area contributed by atoms with Crippen LogP contribution in [0.25, 0.3) is 6.08 Å². The zero-order chi connectivity index (χ0) is 16.5. The van der Waals surface area contributed by atoms with Gasteiger partial charge in [0.15, 0.2) is 6.61 Å². The van der Waals surface area contributed by atoms with Crippen molar-refractivity contribution in [1.29, 1.82) is 0 Å². The molecule has 0 bridgehead atoms. The Morgan fingerprint density at radius 1 is 1.00 bits per heavy atom. The summed E-state index contributed by atoms with van der Waals surface area (Å²) in [6.07, 6.45) is 3.00. The summed E-state index contributed by atoms with van der Waals surface area (Å²) in [4.78, 5) is 23.2. The zero-order valence-electron chi connectivity index (χ0n) is 12.8. The Bertz CT molecular complexity index is 696. The highest BCUT2D eigenvalue weighted by molar-refractivity contribution is 5.93. The van der Waals surface area contributed by atoms with E-state index in [9.17, 15) is 9.59 Å². The smallest absolute Gasteiger partial charge is 0.276 e. The van der Waals surface area contributed by atoms with E-state index in [4.69, 9.17) is 4.74 Å². The molecule has 2 rings (SSSR count). The van der Waals surface area contributed by atoms with E-state index in [0.29, 0.717) is 5.75 Å². The summed E-state index contributed by atoms with van der Waals surface area (Å²) in [5.41, 5.74) is 6.43. The van der Waals surface area contributed by atoms with Gasteiger partial charge in [0.25, 0.3) is 11.8 Å². The first kappa shape index (κ1) is 16.3. The summed E-state index contributed by atoms with van der Waals surface area (Å²) in [7, 11) is 0. The Morgan fingerprint density at radius 2 is 1.70 bits per heavy atom. The van der Waals surface area contributed by atoms with Crippen LogP contribution >= 0.6 is 0 Å². The molecule has 0 aliphatic carbocycles. The first-order valence-corrected chi connectivity index (χ1v) is 7.15. The van der Waals surface area contributed by atoms with E-state index >= 15 is 0 Å². The van der Waals surface area contributed by atoms with Crippen molar-refractivity contribution < 1.29 is 14.3 Å². The molecule has 118 valence electrons. The number of benzene rings is 2. The summed E-state index contributed by atoms with van der Waals surface area (Å²) in [5, 5.41) is 0. The fourth-order valence-corrected chi connectivity index (χ4v) is 1.81.